The Hall–Kier alpha value is -3.22. The summed E-state index contributed by atoms with van der Waals surface area (Å²) in [6.45, 7) is -3.61. The summed E-state index contributed by atoms with van der Waals surface area (Å²) >= 11 is 5.85. The molecule has 2 atom stereocenters. The van der Waals surface area contributed by atoms with E-state index in [2.05, 4.69) is 10.1 Å². The van der Waals surface area contributed by atoms with E-state index in [1.807, 2.05) is 0 Å². The maximum atomic E-state index is 14.1. The number of Topliss-reactive ketones (excluding diaryl/α,β-unsaturated/α-hetero) is 1. The Bertz CT molecular complexity index is 1130. The molecule has 188 valence electrons. The molecule has 1 amide bonds. The SMILES string of the molecule is N=C(N)c1cc(F)c(CNCC(=O)C2CCN2C(=O)C(O)c2cc(Cl)cc(OC(F)F)c2)c(F)c1. The van der Waals surface area contributed by atoms with Gasteiger partial charge in [-0.3, -0.25) is 15.0 Å². The number of aliphatic hydroxyl groups is 1. The molecule has 2 aromatic rings. The van der Waals surface area contributed by atoms with Gasteiger partial charge in [-0.1, -0.05) is 11.6 Å². The fraction of sp³-hybridized carbons (Fsp3) is 0.318. The lowest BCUT2D eigenvalue weighted by Gasteiger charge is -2.41. The van der Waals surface area contributed by atoms with Crippen LogP contribution in [0.3, 0.4) is 0 Å². The summed E-state index contributed by atoms with van der Waals surface area (Å²) in [4.78, 5) is 26.4. The average Bonchev–Trinajstić information content (AvgIpc) is 2.73. The summed E-state index contributed by atoms with van der Waals surface area (Å²) in [5.41, 5.74) is 4.67. The van der Waals surface area contributed by atoms with Gasteiger partial charge in [0.15, 0.2) is 11.9 Å². The molecule has 8 nitrogen and oxygen atoms in total. The van der Waals surface area contributed by atoms with E-state index in [0.717, 1.165) is 29.2 Å². The molecule has 13 heteroatoms. The molecule has 0 aromatic heterocycles. The highest BCUT2D eigenvalue weighted by atomic mass is 35.5. The third-order valence-electron chi connectivity index (χ3n) is 5.40. The van der Waals surface area contributed by atoms with Gasteiger partial charge < -0.3 is 25.8 Å². The fourth-order valence-electron chi connectivity index (χ4n) is 3.55. The highest BCUT2D eigenvalue weighted by Crippen LogP contribution is 2.30. The predicted octanol–water partition coefficient (Wildman–Crippen LogP) is 2.50. The second-order valence-corrected chi connectivity index (χ2v) is 8.18. The maximum absolute atomic E-state index is 14.1. The molecule has 1 saturated heterocycles. The van der Waals surface area contributed by atoms with Crippen molar-refractivity contribution in [2.75, 3.05) is 13.1 Å². The van der Waals surface area contributed by atoms with E-state index >= 15 is 0 Å². The number of likely N-dealkylation sites (tertiary alicyclic amines) is 1. The minimum atomic E-state index is -3.13. The van der Waals surface area contributed by atoms with E-state index in [-0.39, 0.29) is 47.1 Å². The summed E-state index contributed by atoms with van der Waals surface area (Å²) < 4.78 is 57.4. The van der Waals surface area contributed by atoms with E-state index < -0.39 is 47.9 Å². The highest BCUT2D eigenvalue weighted by Gasteiger charge is 2.39. The number of nitrogens with two attached hydrogens (primary N) is 1. The van der Waals surface area contributed by atoms with Crippen LogP contribution in [0.15, 0.2) is 30.3 Å². The van der Waals surface area contributed by atoms with Crippen molar-refractivity contribution >= 4 is 29.1 Å². The van der Waals surface area contributed by atoms with Crippen LogP contribution >= 0.6 is 11.6 Å². The number of halogens is 5. The second-order valence-electron chi connectivity index (χ2n) is 7.74. The van der Waals surface area contributed by atoms with Crippen LogP contribution in [0, 0.1) is 17.0 Å². The molecule has 1 aliphatic rings. The molecule has 5 N–H and O–H groups in total. The quantitative estimate of drug-likeness (QED) is 0.218. The van der Waals surface area contributed by atoms with Gasteiger partial charge >= 0.3 is 6.61 Å². The molecule has 0 bridgehead atoms. The van der Waals surface area contributed by atoms with Crippen LogP contribution in [-0.2, 0) is 16.1 Å². The number of carbonyl (C=O) groups is 2. The van der Waals surface area contributed by atoms with Crippen LogP contribution in [0.1, 0.15) is 29.2 Å². The van der Waals surface area contributed by atoms with Gasteiger partial charge in [0.25, 0.3) is 5.91 Å². The first-order chi connectivity index (χ1) is 16.5. The van der Waals surface area contributed by atoms with E-state index in [1.165, 1.54) is 6.07 Å². The van der Waals surface area contributed by atoms with Crippen LogP contribution < -0.4 is 15.8 Å². The van der Waals surface area contributed by atoms with Gasteiger partial charge in [-0.15, -0.1) is 0 Å². The average molecular weight is 517 g/mol. The van der Waals surface area contributed by atoms with Gasteiger partial charge in [-0.25, -0.2) is 8.78 Å². The van der Waals surface area contributed by atoms with Gasteiger partial charge in [0.2, 0.25) is 0 Å². The minimum absolute atomic E-state index is 0.0405. The number of hydrogen-bond acceptors (Lipinski definition) is 6. The second kappa shape index (κ2) is 11.0. The zero-order valence-electron chi connectivity index (χ0n) is 18.0. The number of ketones is 1. The van der Waals surface area contributed by atoms with Crippen molar-refractivity contribution in [1.29, 1.82) is 5.41 Å². The van der Waals surface area contributed by atoms with Crippen molar-refractivity contribution < 1.29 is 37.0 Å². The fourth-order valence-corrected chi connectivity index (χ4v) is 3.79. The summed E-state index contributed by atoms with van der Waals surface area (Å²) in [5, 5.41) is 20.2. The third kappa shape index (κ3) is 6.27. The number of nitrogens with zero attached hydrogens (tertiary/aromatic N) is 1. The first kappa shape index (κ1) is 26.4. The number of nitrogens with one attached hydrogen (secondary N) is 2. The van der Waals surface area contributed by atoms with E-state index in [9.17, 15) is 32.3 Å². The molecule has 2 unspecified atom stereocenters. The molecular formula is C22H21ClF4N4O4. The lowest BCUT2D eigenvalue weighted by Crippen LogP contribution is -2.58. The van der Waals surface area contributed by atoms with Crippen molar-refractivity contribution in [2.45, 2.75) is 31.7 Å². The third-order valence-corrected chi connectivity index (χ3v) is 5.61. The van der Waals surface area contributed by atoms with Crippen molar-refractivity contribution in [1.82, 2.24) is 10.2 Å². The highest BCUT2D eigenvalue weighted by molar-refractivity contribution is 6.30. The Labute approximate surface area is 202 Å². The van der Waals surface area contributed by atoms with E-state index in [0.29, 0.717) is 6.42 Å². The van der Waals surface area contributed by atoms with E-state index in [4.69, 9.17) is 22.7 Å². The molecule has 35 heavy (non-hydrogen) atoms. The van der Waals surface area contributed by atoms with Crippen LogP contribution in [0.25, 0.3) is 0 Å². The smallest absolute Gasteiger partial charge is 0.387 e. The number of carbonyl (C=O) groups excluding carboxylic acids is 2. The minimum Gasteiger partial charge on any atom is -0.435 e. The van der Waals surface area contributed by atoms with Crippen LogP contribution in [0.4, 0.5) is 17.6 Å². The number of alkyl halides is 2. The van der Waals surface area contributed by atoms with Crippen LogP contribution in [-0.4, -0.2) is 53.3 Å². The number of amides is 1. The number of amidine groups is 1. The number of ether oxygens (including phenoxy) is 1. The van der Waals surface area contributed by atoms with Gasteiger partial charge in [0.1, 0.15) is 23.2 Å². The first-order valence-electron chi connectivity index (χ1n) is 10.3. The molecule has 0 aliphatic carbocycles. The summed E-state index contributed by atoms with van der Waals surface area (Å²) in [6.07, 6.45) is -1.47. The van der Waals surface area contributed by atoms with Crippen molar-refractivity contribution in [3.63, 3.8) is 0 Å². The Morgan fingerprint density at radius 1 is 1.23 bits per heavy atom. The topological polar surface area (TPSA) is 129 Å². The van der Waals surface area contributed by atoms with E-state index in [1.54, 1.807) is 0 Å². The van der Waals surface area contributed by atoms with Crippen LogP contribution in [0.2, 0.25) is 5.02 Å². The van der Waals surface area contributed by atoms with Gasteiger partial charge in [-0.05, 0) is 42.3 Å². The maximum Gasteiger partial charge on any atom is 0.387 e. The predicted molar refractivity (Wildman–Crippen MR) is 117 cm³/mol. The largest absolute Gasteiger partial charge is 0.435 e. The Morgan fingerprint density at radius 2 is 1.89 bits per heavy atom. The standard InChI is InChI=1S/C22H21ClF4N4O4/c23-12-3-10(4-13(7-12)35-22(26)27)19(33)21(34)31-2-1-17(31)18(32)9-30-8-14-15(24)5-11(20(28)29)6-16(14)25/h3-7,17,19,22,30,33H,1-2,8-9H2,(H3,28,29). The van der Waals surface area contributed by atoms with Gasteiger partial charge in [0, 0.05) is 29.2 Å². The molecule has 0 spiro atoms. The number of nitrogen functional groups attached to an aromatic ring is 1. The number of hydrogen-bond donors (Lipinski definition) is 4. The van der Waals surface area contributed by atoms with Crippen molar-refractivity contribution in [3.8, 4) is 5.75 Å². The normalized spacial score (nSPS) is 16.1. The molecule has 1 heterocycles. The number of aliphatic hydroxyl groups excluding tert-OH is 1. The molecule has 2 aromatic carbocycles. The van der Waals surface area contributed by atoms with Crippen LogP contribution in [0.5, 0.6) is 5.75 Å². The Morgan fingerprint density at radius 3 is 2.43 bits per heavy atom. The first-order valence-corrected chi connectivity index (χ1v) is 10.6. The molecule has 0 radical (unpaired) electrons. The molecule has 1 aliphatic heterocycles. The zero-order chi connectivity index (χ0) is 25.9. The molecule has 1 fully saturated rings. The molecular weight excluding hydrogens is 496 g/mol. The number of benzene rings is 2. The Kier molecular flexibility index (Phi) is 8.30. The van der Waals surface area contributed by atoms with Crippen molar-refractivity contribution in [3.05, 3.63) is 63.7 Å². The lowest BCUT2D eigenvalue weighted by atomic mass is 9.96. The summed E-state index contributed by atoms with van der Waals surface area (Å²) in [7, 11) is 0. The summed E-state index contributed by atoms with van der Waals surface area (Å²) in [6, 6.07) is 4.28. The lowest BCUT2D eigenvalue weighted by molar-refractivity contribution is -0.153. The number of rotatable bonds is 10. The molecule has 0 saturated carbocycles. The zero-order valence-corrected chi connectivity index (χ0v) is 18.8. The van der Waals surface area contributed by atoms with Crippen molar-refractivity contribution in [2.24, 2.45) is 5.73 Å². The van der Waals surface area contributed by atoms with Gasteiger partial charge in [-0.2, -0.15) is 8.78 Å². The Balaban J connectivity index is 1.60. The summed E-state index contributed by atoms with van der Waals surface area (Å²) in [5.74, 6) is -4.00. The van der Waals surface area contributed by atoms with Gasteiger partial charge in [0.05, 0.1) is 12.6 Å². The monoisotopic (exact) mass is 516 g/mol. The molecule has 3 rings (SSSR count).